The molecule has 6 nitrogen and oxygen atoms in total. The van der Waals surface area contributed by atoms with E-state index >= 15 is 0 Å². The summed E-state index contributed by atoms with van der Waals surface area (Å²) in [6.45, 7) is 7.17. The third kappa shape index (κ3) is 5.55. The minimum Gasteiger partial charge on any atom is -0.466 e. The molecule has 0 aliphatic carbocycles. The van der Waals surface area contributed by atoms with E-state index in [0.29, 0.717) is 30.9 Å². The van der Waals surface area contributed by atoms with Crippen LogP contribution in [0.15, 0.2) is 24.3 Å². The second-order valence-electron chi connectivity index (χ2n) is 6.92. The minimum absolute atomic E-state index is 0.000492. The summed E-state index contributed by atoms with van der Waals surface area (Å²) in [7, 11) is 0. The van der Waals surface area contributed by atoms with Crippen molar-refractivity contribution in [3.63, 3.8) is 0 Å². The van der Waals surface area contributed by atoms with E-state index < -0.39 is 0 Å². The van der Waals surface area contributed by atoms with Crippen molar-refractivity contribution in [1.29, 1.82) is 0 Å². The van der Waals surface area contributed by atoms with E-state index in [1.807, 2.05) is 13.8 Å². The van der Waals surface area contributed by atoms with Crippen LogP contribution >= 0.6 is 0 Å². The topological polar surface area (TPSA) is 75.7 Å². The Morgan fingerprint density at radius 2 is 1.81 bits per heavy atom. The average Bonchev–Trinajstić information content (AvgIpc) is 2.69. The molecule has 148 valence electrons. The minimum atomic E-state index is -0.249. The number of piperidine rings is 1. The molecule has 0 aromatic heterocycles. The molecule has 1 fully saturated rings. The van der Waals surface area contributed by atoms with Crippen LogP contribution in [0.1, 0.15) is 56.8 Å². The highest BCUT2D eigenvalue weighted by Crippen LogP contribution is 2.21. The van der Waals surface area contributed by atoms with E-state index in [9.17, 15) is 14.4 Å². The zero-order chi connectivity index (χ0) is 19.8. The van der Waals surface area contributed by atoms with Crippen molar-refractivity contribution in [2.45, 2.75) is 46.5 Å². The first kappa shape index (κ1) is 20.9. The molecule has 1 aromatic rings. The predicted octanol–water partition coefficient (Wildman–Crippen LogP) is 3.48. The maximum Gasteiger partial charge on any atom is 0.310 e. The fourth-order valence-electron chi connectivity index (χ4n) is 3.40. The summed E-state index contributed by atoms with van der Waals surface area (Å²) in [5.41, 5.74) is 1.24. The number of rotatable bonds is 7. The number of carbonyl (C=O) groups is 3. The third-order valence-electron chi connectivity index (χ3n) is 5.08. The molecule has 27 heavy (non-hydrogen) atoms. The molecule has 1 saturated heterocycles. The van der Waals surface area contributed by atoms with Crippen LogP contribution in [0.4, 0.5) is 5.69 Å². The van der Waals surface area contributed by atoms with Crippen molar-refractivity contribution >= 4 is 23.5 Å². The summed E-state index contributed by atoms with van der Waals surface area (Å²) in [6.07, 6.45) is 3.15. The first-order valence-electron chi connectivity index (χ1n) is 9.86. The fourth-order valence-corrected chi connectivity index (χ4v) is 3.40. The van der Waals surface area contributed by atoms with Crippen molar-refractivity contribution in [1.82, 2.24) is 4.90 Å². The Labute approximate surface area is 161 Å². The molecular formula is C21H30N2O4. The Morgan fingerprint density at radius 3 is 2.41 bits per heavy atom. The number of hydrogen-bond donors (Lipinski definition) is 1. The zero-order valence-corrected chi connectivity index (χ0v) is 16.5. The van der Waals surface area contributed by atoms with Crippen molar-refractivity contribution < 1.29 is 19.1 Å². The lowest BCUT2D eigenvalue weighted by molar-refractivity contribution is -0.149. The number of anilines is 1. The first-order valence-corrected chi connectivity index (χ1v) is 9.86. The summed E-state index contributed by atoms with van der Waals surface area (Å²) in [5, 5.41) is 2.90. The number of likely N-dealkylation sites (tertiary alicyclic amines) is 1. The highest BCUT2D eigenvalue weighted by atomic mass is 16.5. The lowest BCUT2D eigenvalue weighted by Gasteiger charge is -2.31. The highest BCUT2D eigenvalue weighted by Gasteiger charge is 2.29. The number of nitrogens with one attached hydrogen (secondary N) is 1. The van der Waals surface area contributed by atoms with Crippen LogP contribution in [0, 0.1) is 11.8 Å². The maximum atomic E-state index is 12.7. The number of amides is 2. The Morgan fingerprint density at radius 1 is 1.15 bits per heavy atom. The maximum absolute atomic E-state index is 12.7. The monoisotopic (exact) mass is 374 g/mol. The van der Waals surface area contributed by atoms with Gasteiger partial charge in [0.1, 0.15) is 0 Å². The van der Waals surface area contributed by atoms with Gasteiger partial charge in [-0.2, -0.15) is 0 Å². The van der Waals surface area contributed by atoms with Gasteiger partial charge in [0.25, 0.3) is 5.91 Å². The van der Waals surface area contributed by atoms with Gasteiger partial charge >= 0.3 is 5.97 Å². The standard InChI is InChI=1S/C21H30N2O4/c1-4-15(5-2)19(24)22-18-11-9-16(10-12-18)20(25)23-13-7-8-17(14-23)21(26)27-6-3/h9-12,15,17H,4-8,13-14H2,1-3H3,(H,22,24). The predicted molar refractivity (Wildman–Crippen MR) is 104 cm³/mol. The van der Waals surface area contributed by atoms with Crippen molar-refractivity contribution in [2.75, 3.05) is 25.0 Å². The number of esters is 1. The summed E-state index contributed by atoms with van der Waals surface area (Å²) in [4.78, 5) is 38.6. The fraction of sp³-hybridized carbons (Fsp3) is 0.571. The van der Waals surface area contributed by atoms with Gasteiger partial charge in [0.2, 0.25) is 5.91 Å². The van der Waals surface area contributed by atoms with Gasteiger partial charge in [0.05, 0.1) is 12.5 Å². The lowest BCUT2D eigenvalue weighted by atomic mass is 9.97. The highest BCUT2D eigenvalue weighted by molar-refractivity contribution is 5.96. The molecule has 1 N–H and O–H groups in total. The van der Waals surface area contributed by atoms with Crippen LogP contribution in [0.3, 0.4) is 0 Å². The number of hydrogen-bond acceptors (Lipinski definition) is 4. The molecule has 1 aromatic carbocycles. The van der Waals surface area contributed by atoms with E-state index in [1.165, 1.54) is 0 Å². The molecule has 2 amide bonds. The lowest BCUT2D eigenvalue weighted by Crippen LogP contribution is -2.42. The number of nitrogens with zero attached hydrogens (tertiary/aromatic N) is 1. The van der Waals surface area contributed by atoms with Gasteiger partial charge in [-0.15, -0.1) is 0 Å². The van der Waals surface area contributed by atoms with Crippen LogP contribution < -0.4 is 5.32 Å². The summed E-state index contributed by atoms with van der Waals surface area (Å²) in [5.74, 6) is -0.565. The molecule has 1 aliphatic rings. The Bertz CT molecular complexity index is 653. The zero-order valence-electron chi connectivity index (χ0n) is 16.5. The van der Waals surface area contributed by atoms with E-state index in [2.05, 4.69) is 5.32 Å². The van der Waals surface area contributed by atoms with Crippen LogP contribution in [-0.4, -0.2) is 42.4 Å². The van der Waals surface area contributed by atoms with Crippen molar-refractivity contribution in [3.05, 3.63) is 29.8 Å². The van der Waals surface area contributed by atoms with Gasteiger partial charge in [-0.25, -0.2) is 0 Å². The molecule has 0 spiro atoms. The molecule has 6 heteroatoms. The SMILES string of the molecule is CCOC(=O)C1CCCN(C(=O)c2ccc(NC(=O)C(CC)CC)cc2)C1. The van der Waals surface area contributed by atoms with Crippen LogP contribution in [0.5, 0.6) is 0 Å². The van der Waals surface area contributed by atoms with Gasteiger partial charge in [-0.3, -0.25) is 14.4 Å². The number of benzene rings is 1. The van der Waals surface area contributed by atoms with Gasteiger partial charge < -0.3 is 15.0 Å². The summed E-state index contributed by atoms with van der Waals surface area (Å²) < 4.78 is 5.09. The Balaban J connectivity index is 1.98. The van der Waals surface area contributed by atoms with Gasteiger partial charge in [-0.1, -0.05) is 13.8 Å². The molecular weight excluding hydrogens is 344 g/mol. The smallest absolute Gasteiger partial charge is 0.310 e. The molecule has 2 rings (SSSR count). The quantitative estimate of drug-likeness (QED) is 0.742. The third-order valence-corrected chi connectivity index (χ3v) is 5.08. The molecule has 0 saturated carbocycles. The normalized spacial score (nSPS) is 16.9. The van der Waals surface area contributed by atoms with Gasteiger partial charge in [0.15, 0.2) is 0 Å². The van der Waals surface area contributed by atoms with E-state index in [0.717, 1.165) is 25.7 Å². The van der Waals surface area contributed by atoms with E-state index in [4.69, 9.17) is 4.74 Å². The number of carbonyl (C=O) groups excluding carboxylic acids is 3. The molecule has 1 unspecified atom stereocenters. The van der Waals surface area contributed by atoms with Gasteiger partial charge in [0, 0.05) is 30.3 Å². The molecule has 0 radical (unpaired) electrons. The first-order chi connectivity index (χ1) is 13.0. The number of ether oxygens (including phenoxy) is 1. The van der Waals surface area contributed by atoms with Gasteiger partial charge in [-0.05, 0) is 56.9 Å². The molecule has 0 bridgehead atoms. The van der Waals surface area contributed by atoms with Crippen LogP contribution in [0.25, 0.3) is 0 Å². The average molecular weight is 374 g/mol. The largest absolute Gasteiger partial charge is 0.466 e. The summed E-state index contributed by atoms with van der Waals surface area (Å²) in [6, 6.07) is 6.94. The molecule has 1 aliphatic heterocycles. The Hall–Kier alpha value is -2.37. The van der Waals surface area contributed by atoms with Crippen molar-refractivity contribution in [2.24, 2.45) is 11.8 Å². The van der Waals surface area contributed by atoms with Crippen molar-refractivity contribution in [3.8, 4) is 0 Å². The molecule has 1 atom stereocenters. The van der Waals surface area contributed by atoms with Crippen LogP contribution in [0.2, 0.25) is 0 Å². The Kier molecular flexibility index (Phi) is 7.82. The summed E-state index contributed by atoms with van der Waals surface area (Å²) >= 11 is 0. The molecule has 1 heterocycles. The second-order valence-corrected chi connectivity index (χ2v) is 6.92. The second kappa shape index (κ2) is 10.1. The van der Waals surface area contributed by atoms with E-state index in [1.54, 1.807) is 36.1 Å². The van der Waals surface area contributed by atoms with Crippen LogP contribution in [-0.2, 0) is 14.3 Å². The van der Waals surface area contributed by atoms with E-state index in [-0.39, 0.29) is 29.6 Å².